The van der Waals surface area contributed by atoms with Crippen LogP contribution in [0.15, 0.2) is 40.9 Å². The molecule has 0 aliphatic heterocycles. The smallest absolute Gasteiger partial charge is 0.481 e. The van der Waals surface area contributed by atoms with Gasteiger partial charge < -0.3 is 25.1 Å². The lowest BCUT2D eigenvalue weighted by molar-refractivity contribution is -0.274. The number of carboxylic acids is 1. The third-order valence-corrected chi connectivity index (χ3v) is 6.08. The van der Waals surface area contributed by atoms with Gasteiger partial charge in [0.15, 0.2) is 0 Å². The van der Waals surface area contributed by atoms with Crippen LogP contribution < -0.4 is 10.5 Å². The predicted octanol–water partition coefficient (Wildman–Crippen LogP) is 4.79. The number of nitrogens with zero attached hydrogens (tertiary/aromatic N) is 2. The Kier molecular flexibility index (Phi) is 5.72. The average molecular weight is 486 g/mol. The number of fused-ring (bicyclic) bond motifs is 3. The van der Waals surface area contributed by atoms with E-state index in [1.807, 2.05) is 12.1 Å². The fraction of sp³-hybridized carbons (Fsp3) is 0.292. The molecule has 1 aliphatic rings. The Morgan fingerprint density at radius 1 is 1.23 bits per heavy atom. The van der Waals surface area contributed by atoms with Crippen molar-refractivity contribution in [1.82, 2.24) is 15.1 Å². The Morgan fingerprint density at radius 3 is 2.80 bits per heavy atom. The van der Waals surface area contributed by atoms with Crippen molar-refractivity contribution in [3.63, 3.8) is 0 Å². The van der Waals surface area contributed by atoms with Crippen LogP contribution >= 0.6 is 0 Å². The van der Waals surface area contributed by atoms with Gasteiger partial charge in [-0.15, -0.1) is 13.2 Å². The lowest BCUT2D eigenvalue weighted by Gasteiger charge is -2.11. The normalized spacial score (nSPS) is 15.5. The quantitative estimate of drug-likeness (QED) is 0.343. The topological polar surface area (TPSA) is 127 Å². The number of hydrogen-bond donors (Lipinski definition) is 3. The zero-order valence-electron chi connectivity index (χ0n) is 18.4. The van der Waals surface area contributed by atoms with Gasteiger partial charge in [-0.25, -0.2) is 0 Å². The first-order valence-corrected chi connectivity index (χ1v) is 11.0. The number of alkyl halides is 3. The first kappa shape index (κ1) is 22.9. The molecule has 4 aromatic rings. The minimum Gasteiger partial charge on any atom is -0.481 e. The van der Waals surface area contributed by atoms with Crippen molar-refractivity contribution >= 4 is 16.9 Å². The molecule has 0 fully saturated rings. The van der Waals surface area contributed by atoms with E-state index < -0.39 is 18.1 Å². The molecule has 8 nitrogen and oxygen atoms in total. The standard InChI is InChI=1S/C24H21F3N4O4/c25-24(26,27)34-16-8-12(5-6-28)7-15(9-16)23-30-22(31-35-23)14-2-4-19-18(10-14)17-3-1-13(11-20(32)33)21(17)29-19/h2,4,7-10,13,29H,1,3,5-6,11,28H2,(H,32,33). The monoisotopic (exact) mass is 486 g/mol. The van der Waals surface area contributed by atoms with Crippen LogP contribution in [0.25, 0.3) is 33.7 Å². The van der Waals surface area contributed by atoms with Crippen LogP contribution in [0.2, 0.25) is 0 Å². The van der Waals surface area contributed by atoms with Gasteiger partial charge in [-0.1, -0.05) is 5.16 Å². The number of nitrogens with two attached hydrogens (primary N) is 1. The second kappa shape index (κ2) is 8.73. The molecule has 2 aromatic heterocycles. The molecule has 182 valence electrons. The van der Waals surface area contributed by atoms with Crippen molar-refractivity contribution in [3.8, 4) is 28.6 Å². The number of halogens is 3. The fourth-order valence-electron chi connectivity index (χ4n) is 4.65. The molecular weight excluding hydrogens is 465 g/mol. The molecular formula is C24H21F3N4O4. The van der Waals surface area contributed by atoms with E-state index in [0.29, 0.717) is 17.5 Å². The maximum absolute atomic E-state index is 12.8. The molecule has 0 amide bonds. The number of aryl methyl sites for hydroxylation is 1. The summed E-state index contributed by atoms with van der Waals surface area (Å²) in [5, 5.41) is 14.2. The number of carboxylic acid groups (broad SMARTS) is 1. The van der Waals surface area contributed by atoms with E-state index in [9.17, 15) is 23.1 Å². The second-order valence-electron chi connectivity index (χ2n) is 8.49. The molecule has 0 spiro atoms. The van der Waals surface area contributed by atoms with Crippen LogP contribution in [0.3, 0.4) is 0 Å². The third kappa shape index (κ3) is 4.72. The van der Waals surface area contributed by atoms with Gasteiger partial charge in [0.25, 0.3) is 5.89 Å². The van der Waals surface area contributed by atoms with Gasteiger partial charge in [-0.2, -0.15) is 4.98 Å². The van der Waals surface area contributed by atoms with Crippen LogP contribution in [0.5, 0.6) is 5.75 Å². The molecule has 0 saturated heterocycles. The van der Waals surface area contributed by atoms with E-state index in [4.69, 9.17) is 10.3 Å². The number of hydrogen-bond acceptors (Lipinski definition) is 6. The summed E-state index contributed by atoms with van der Waals surface area (Å²) in [5.41, 5.74) is 9.99. The van der Waals surface area contributed by atoms with Crippen LogP contribution in [0.4, 0.5) is 13.2 Å². The van der Waals surface area contributed by atoms with Crippen molar-refractivity contribution in [2.45, 2.75) is 38.0 Å². The molecule has 4 N–H and O–H groups in total. The van der Waals surface area contributed by atoms with Gasteiger partial charge in [0.1, 0.15) is 5.75 Å². The van der Waals surface area contributed by atoms with Gasteiger partial charge in [-0.05, 0) is 73.3 Å². The molecule has 1 unspecified atom stereocenters. The average Bonchev–Trinajstić information content (AvgIpc) is 3.48. The molecule has 0 bridgehead atoms. The van der Waals surface area contributed by atoms with E-state index in [1.54, 1.807) is 12.1 Å². The van der Waals surface area contributed by atoms with Crippen molar-refractivity contribution in [1.29, 1.82) is 0 Å². The van der Waals surface area contributed by atoms with Crippen LogP contribution in [0.1, 0.15) is 35.6 Å². The SMILES string of the molecule is NCCc1cc(OC(F)(F)F)cc(-c2nc(-c3ccc4[nH]c5c(c4c3)CCC5CC(=O)O)no2)c1. The van der Waals surface area contributed by atoms with E-state index in [-0.39, 0.29) is 36.2 Å². The zero-order chi connectivity index (χ0) is 24.7. The Hall–Kier alpha value is -3.86. The van der Waals surface area contributed by atoms with E-state index in [0.717, 1.165) is 35.0 Å². The molecule has 2 aromatic carbocycles. The summed E-state index contributed by atoms with van der Waals surface area (Å²) in [4.78, 5) is 18.9. The molecule has 11 heteroatoms. The van der Waals surface area contributed by atoms with E-state index in [1.165, 1.54) is 12.1 Å². The summed E-state index contributed by atoms with van der Waals surface area (Å²) in [6, 6.07) is 9.68. The summed E-state index contributed by atoms with van der Waals surface area (Å²) < 4.78 is 47.8. The molecule has 1 atom stereocenters. The molecule has 2 heterocycles. The first-order valence-electron chi connectivity index (χ1n) is 11.0. The first-order chi connectivity index (χ1) is 16.7. The largest absolute Gasteiger partial charge is 0.573 e. The van der Waals surface area contributed by atoms with Gasteiger partial charge in [0.05, 0.1) is 6.42 Å². The Morgan fingerprint density at radius 2 is 2.06 bits per heavy atom. The fourth-order valence-corrected chi connectivity index (χ4v) is 4.65. The van der Waals surface area contributed by atoms with Gasteiger partial charge in [0.2, 0.25) is 5.82 Å². The van der Waals surface area contributed by atoms with Crippen molar-refractivity contribution in [2.75, 3.05) is 6.54 Å². The maximum Gasteiger partial charge on any atom is 0.573 e. The summed E-state index contributed by atoms with van der Waals surface area (Å²) in [6.07, 6.45) is -2.88. The minimum atomic E-state index is -4.84. The number of aliphatic carboxylic acids is 1. The molecule has 35 heavy (non-hydrogen) atoms. The third-order valence-electron chi connectivity index (χ3n) is 6.08. The lowest BCUT2D eigenvalue weighted by atomic mass is 10.0. The van der Waals surface area contributed by atoms with Crippen LogP contribution in [0, 0.1) is 0 Å². The van der Waals surface area contributed by atoms with Crippen molar-refractivity contribution in [2.24, 2.45) is 5.73 Å². The number of benzene rings is 2. The predicted molar refractivity (Wildman–Crippen MR) is 120 cm³/mol. The zero-order valence-corrected chi connectivity index (χ0v) is 18.4. The molecule has 1 aliphatic carbocycles. The highest BCUT2D eigenvalue weighted by atomic mass is 19.4. The summed E-state index contributed by atoms with van der Waals surface area (Å²) >= 11 is 0. The number of aromatic nitrogens is 3. The van der Waals surface area contributed by atoms with E-state index >= 15 is 0 Å². The Balaban J connectivity index is 1.48. The summed E-state index contributed by atoms with van der Waals surface area (Å²) in [7, 11) is 0. The number of H-pyrrole nitrogens is 1. The van der Waals surface area contributed by atoms with Crippen LogP contribution in [-0.2, 0) is 17.6 Å². The number of ether oxygens (including phenoxy) is 1. The van der Waals surface area contributed by atoms with Crippen molar-refractivity contribution < 1.29 is 32.3 Å². The highest BCUT2D eigenvalue weighted by molar-refractivity contribution is 5.89. The Labute approximate surface area is 196 Å². The number of carbonyl (C=O) groups is 1. The Bertz CT molecular complexity index is 1410. The highest BCUT2D eigenvalue weighted by Gasteiger charge is 2.32. The molecule has 0 saturated carbocycles. The number of aromatic amines is 1. The maximum atomic E-state index is 12.8. The van der Waals surface area contributed by atoms with Gasteiger partial charge >= 0.3 is 12.3 Å². The number of rotatable bonds is 7. The second-order valence-corrected chi connectivity index (χ2v) is 8.49. The highest BCUT2D eigenvalue weighted by Crippen LogP contribution is 2.40. The van der Waals surface area contributed by atoms with Gasteiger partial charge in [-0.3, -0.25) is 4.79 Å². The van der Waals surface area contributed by atoms with Gasteiger partial charge in [0, 0.05) is 33.6 Å². The van der Waals surface area contributed by atoms with Crippen LogP contribution in [-0.4, -0.2) is 39.1 Å². The molecule has 0 radical (unpaired) electrons. The lowest BCUT2D eigenvalue weighted by Crippen LogP contribution is -2.17. The van der Waals surface area contributed by atoms with Crippen molar-refractivity contribution in [3.05, 3.63) is 53.2 Å². The minimum absolute atomic E-state index is 0.0480. The van der Waals surface area contributed by atoms with E-state index in [2.05, 4.69) is 19.9 Å². The number of nitrogens with one attached hydrogen (secondary N) is 1. The summed E-state index contributed by atoms with van der Waals surface area (Å²) in [6.45, 7) is 0.248. The molecule has 5 rings (SSSR count). The summed E-state index contributed by atoms with van der Waals surface area (Å²) in [5.74, 6) is -0.949.